The van der Waals surface area contributed by atoms with E-state index in [1.54, 1.807) is 0 Å². The number of nitrogens with zero attached hydrogens (tertiary/aromatic N) is 1. The van der Waals surface area contributed by atoms with Gasteiger partial charge in [-0.15, -0.1) is 0 Å². The molecule has 0 aliphatic heterocycles. The number of rotatable bonds is 6. The van der Waals surface area contributed by atoms with Gasteiger partial charge in [-0.2, -0.15) is 0 Å². The molecule has 0 radical (unpaired) electrons. The molecule has 1 heterocycles. The molecule has 1 unspecified atom stereocenters. The summed E-state index contributed by atoms with van der Waals surface area (Å²) in [4.78, 5) is 14.5. The Morgan fingerprint density at radius 2 is 2.10 bits per heavy atom. The van der Waals surface area contributed by atoms with E-state index in [9.17, 15) is 13.2 Å². The van der Waals surface area contributed by atoms with E-state index in [4.69, 9.17) is 16.7 Å². The van der Waals surface area contributed by atoms with E-state index in [0.717, 1.165) is 0 Å². The Labute approximate surface area is 129 Å². The minimum atomic E-state index is -3.92. The number of nitrogens with one attached hydrogen (secondary N) is 1. The molecule has 1 rings (SSSR count). The van der Waals surface area contributed by atoms with Crippen molar-refractivity contribution in [2.24, 2.45) is 5.41 Å². The maximum Gasteiger partial charge on any atom is 0.304 e. The fourth-order valence-electron chi connectivity index (χ4n) is 1.96. The predicted molar refractivity (Wildman–Crippen MR) is 79.7 cm³/mol. The molecule has 0 saturated carbocycles. The van der Waals surface area contributed by atoms with E-state index >= 15 is 0 Å². The van der Waals surface area contributed by atoms with Gasteiger partial charge in [0.15, 0.2) is 0 Å². The van der Waals surface area contributed by atoms with Crippen molar-refractivity contribution >= 4 is 27.6 Å². The zero-order valence-corrected chi connectivity index (χ0v) is 13.7. The van der Waals surface area contributed by atoms with Crippen LogP contribution in [0.4, 0.5) is 0 Å². The molecule has 118 valence electrons. The van der Waals surface area contributed by atoms with Crippen molar-refractivity contribution in [2.75, 3.05) is 0 Å². The van der Waals surface area contributed by atoms with Crippen LogP contribution in [0.2, 0.25) is 5.15 Å². The topological polar surface area (TPSA) is 96.4 Å². The van der Waals surface area contributed by atoms with E-state index in [0.29, 0.717) is 6.42 Å². The molecule has 0 aromatic carbocycles. The lowest BCUT2D eigenvalue weighted by molar-refractivity contribution is -0.137. The maximum absolute atomic E-state index is 12.3. The van der Waals surface area contributed by atoms with Crippen molar-refractivity contribution in [3.8, 4) is 0 Å². The molecule has 1 aromatic heterocycles. The minimum absolute atomic E-state index is 0.144. The number of hydrogen-bond acceptors (Lipinski definition) is 4. The number of aromatic nitrogens is 1. The van der Waals surface area contributed by atoms with Crippen molar-refractivity contribution in [1.29, 1.82) is 0 Å². The van der Waals surface area contributed by atoms with Crippen LogP contribution in [-0.2, 0) is 14.8 Å². The second kappa shape index (κ2) is 6.72. The number of carboxylic acid groups (broad SMARTS) is 1. The summed E-state index contributed by atoms with van der Waals surface area (Å²) in [6.07, 6.45) is 1.47. The van der Waals surface area contributed by atoms with Gasteiger partial charge < -0.3 is 5.11 Å². The third kappa shape index (κ3) is 5.99. The summed E-state index contributed by atoms with van der Waals surface area (Å²) in [6.45, 7) is 5.73. The zero-order chi connectivity index (χ0) is 16.3. The first-order chi connectivity index (χ1) is 9.51. The number of halogens is 1. The average molecular weight is 335 g/mol. The minimum Gasteiger partial charge on any atom is -0.481 e. The van der Waals surface area contributed by atoms with Gasteiger partial charge >= 0.3 is 5.97 Å². The molecule has 21 heavy (non-hydrogen) atoms. The second-order valence-corrected chi connectivity index (χ2v) is 8.01. The highest BCUT2D eigenvalue weighted by Gasteiger charge is 2.27. The van der Waals surface area contributed by atoms with Gasteiger partial charge in [-0.05, 0) is 24.0 Å². The highest BCUT2D eigenvalue weighted by Crippen LogP contribution is 2.24. The Bertz CT molecular complexity index is 611. The Hall–Kier alpha value is -1.18. The molecule has 0 amide bonds. The average Bonchev–Trinajstić information content (AvgIpc) is 2.24. The van der Waals surface area contributed by atoms with E-state index in [1.165, 1.54) is 18.3 Å². The lowest BCUT2D eigenvalue weighted by Crippen LogP contribution is -2.39. The highest BCUT2D eigenvalue weighted by molar-refractivity contribution is 7.89. The Balaban J connectivity index is 3.01. The van der Waals surface area contributed by atoms with Gasteiger partial charge in [0.2, 0.25) is 10.0 Å². The van der Waals surface area contributed by atoms with Crippen molar-refractivity contribution in [1.82, 2.24) is 9.71 Å². The summed E-state index contributed by atoms with van der Waals surface area (Å²) in [5.74, 6) is -1.07. The van der Waals surface area contributed by atoms with Crippen molar-refractivity contribution in [3.63, 3.8) is 0 Å². The summed E-state index contributed by atoms with van der Waals surface area (Å²) in [7, 11) is -3.92. The molecule has 0 bridgehead atoms. The number of pyridine rings is 1. The van der Waals surface area contributed by atoms with Crippen LogP contribution in [0.5, 0.6) is 0 Å². The molecule has 1 aromatic rings. The first-order valence-electron chi connectivity index (χ1n) is 6.36. The second-order valence-electron chi connectivity index (χ2n) is 5.97. The molecule has 8 heteroatoms. The molecule has 0 saturated heterocycles. The number of aliphatic carboxylic acids is 1. The van der Waals surface area contributed by atoms with E-state index in [1.807, 2.05) is 20.8 Å². The number of hydrogen-bond donors (Lipinski definition) is 2. The molecule has 1 atom stereocenters. The van der Waals surface area contributed by atoms with Crippen LogP contribution in [0.1, 0.15) is 33.6 Å². The number of carbonyl (C=O) groups is 1. The molecule has 0 aliphatic carbocycles. The van der Waals surface area contributed by atoms with Crippen molar-refractivity contribution in [3.05, 3.63) is 23.5 Å². The summed E-state index contributed by atoms with van der Waals surface area (Å²) >= 11 is 5.78. The zero-order valence-electron chi connectivity index (χ0n) is 12.1. The SMILES string of the molecule is CC(C)(C)CC(CC(=O)O)NS(=O)(=O)c1cccnc1Cl. The monoisotopic (exact) mass is 334 g/mol. The fraction of sp³-hybridized carbons (Fsp3) is 0.538. The van der Waals surface area contributed by atoms with Gasteiger partial charge in [0.25, 0.3) is 0 Å². The van der Waals surface area contributed by atoms with Crippen LogP contribution in [0.25, 0.3) is 0 Å². The maximum atomic E-state index is 12.3. The Kier molecular flexibility index (Phi) is 5.72. The molecular weight excluding hydrogens is 316 g/mol. The van der Waals surface area contributed by atoms with Gasteiger partial charge in [0.1, 0.15) is 10.0 Å². The Morgan fingerprint density at radius 1 is 1.48 bits per heavy atom. The van der Waals surface area contributed by atoms with Crippen LogP contribution in [0.15, 0.2) is 23.2 Å². The summed E-state index contributed by atoms with van der Waals surface area (Å²) in [6, 6.07) is 2.06. The van der Waals surface area contributed by atoms with E-state index < -0.39 is 22.0 Å². The highest BCUT2D eigenvalue weighted by atomic mass is 35.5. The molecular formula is C13H19ClN2O4S. The lowest BCUT2D eigenvalue weighted by Gasteiger charge is -2.25. The number of sulfonamides is 1. The molecule has 0 fully saturated rings. The van der Waals surface area contributed by atoms with Crippen molar-refractivity contribution in [2.45, 2.75) is 44.6 Å². The van der Waals surface area contributed by atoms with E-state index in [2.05, 4.69) is 9.71 Å². The van der Waals surface area contributed by atoms with Crippen LogP contribution in [-0.4, -0.2) is 30.5 Å². The Morgan fingerprint density at radius 3 is 2.57 bits per heavy atom. The van der Waals surface area contributed by atoms with Gasteiger partial charge in [0, 0.05) is 12.2 Å². The van der Waals surface area contributed by atoms with Gasteiger partial charge in [-0.1, -0.05) is 32.4 Å². The van der Waals surface area contributed by atoms with Crippen LogP contribution < -0.4 is 4.72 Å². The normalized spacial score (nSPS) is 13.9. The third-order valence-electron chi connectivity index (χ3n) is 2.62. The number of carboxylic acids is 1. The molecule has 0 aliphatic rings. The first kappa shape index (κ1) is 17.9. The quantitative estimate of drug-likeness (QED) is 0.778. The summed E-state index contributed by atoms with van der Waals surface area (Å²) in [5.41, 5.74) is -0.221. The summed E-state index contributed by atoms with van der Waals surface area (Å²) < 4.78 is 27.0. The predicted octanol–water partition coefficient (Wildman–Crippen LogP) is 2.29. The van der Waals surface area contributed by atoms with Crippen LogP contribution in [0, 0.1) is 5.41 Å². The first-order valence-corrected chi connectivity index (χ1v) is 8.22. The van der Waals surface area contributed by atoms with E-state index in [-0.39, 0.29) is 21.9 Å². The molecule has 2 N–H and O–H groups in total. The third-order valence-corrected chi connectivity index (χ3v) is 4.58. The fourth-order valence-corrected chi connectivity index (χ4v) is 3.65. The lowest BCUT2D eigenvalue weighted by atomic mass is 9.87. The van der Waals surface area contributed by atoms with Gasteiger partial charge in [-0.3, -0.25) is 4.79 Å². The summed E-state index contributed by atoms with van der Waals surface area (Å²) in [5, 5.41) is 8.79. The molecule has 6 nitrogen and oxygen atoms in total. The van der Waals surface area contributed by atoms with Gasteiger partial charge in [-0.25, -0.2) is 18.1 Å². The largest absolute Gasteiger partial charge is 0.481 e. The van der Waals surface area contributed by atoms with Gasteiger partial charge in [0.05, 0.1) is 6.42 Å². The smallest absolute Gasteiger partial charge is 0.304 e. The molecule has 0 spiro atoms. The van der Waals surface area contributed by atoms with Crippen molar-refractivity contribution < 1.29 is 18.3 Å². The van der Waals surface area contributed by atoms with Crippen LogP contribution >= 0.6 is 11.6 Å². The van der Waals surface area contributed by atoms with Crippen LogP contribution in [0.3, 0.4) is 0 Å². The standard InChI is InChI=1S/C13H19ClN2O4S/c1-13(2,3)8-9(7-11(17)18)16-21(19,20)10-5-4-6-15-12(10)14/h4-6,9,16H,7-8H2,1-3H3,(H,17,18).